The van der Waals surface area contributed by atoms with E-state index in [0.29, 0.717) is 6.04 Å². The van der Waals surface area contributed by atoms with E-state index in [9.17, 15) is 4.79 Å². The summed E-state index contributed by atoms with van der Waals surface area (Å²) in [6.07, 6.45) is 3.25. The lowest BCUT2D eigenvalue weighted by atomic mass is 10.1. The Morgan fingerprint density at radius 2 is 2.00 bits per heavy atom. The molecular weight excluding hydrogens is 228 g/mol. The van der Waals surface area contributed by atoms with Gasteiger partial charge in [0, 0.05) is 46.3 Å². The molecule has 1 atom stereocenters. The molecule has 0 aromatic carbocycles. The predicted molar refractivity (Wildman–Crippen MR) is 74.6 cm³/mol. The second-order valence-corrected chi connectivity index (χ2v) is 5.19. The molecule has 2 amide bonds. The van der Waals surface area contributed by atoms with E-state index >= 15 is 0 Å². The third-order valence-electron chi connectivity index (χ3n) is 3.67. The summed E-state index contributed by atoms with van der Waals surface area (Å²) >= 11 is 0. The van der Waals surface area contributed by atoms with E-state index in [1.807, 2.05) is 19.0 Å². The molecule has 1 aliphatic heterocycles. The van der Waals surface area contributed by atoms with Crippen molar-refractivity contribution in [2.75, 3.05) is 46.8 Å². The third-order valence-corrected chi connectivity index (χ3v) is 3.67. The van der Waals surface area contributed by atoms with Gasteiger partial charge in [-0.25, -0.2) is 4.79 Å². The lowest BCUT2D eigenvalue weighted by Crippen LogP contribution is -2.43. The minimum Gasteiger partial charge on any atom is -0.331 e. The summed E-state index contributed by atoms with van der Waals surface area (Å²) in [4.78, 5) is 18.0. The summed E-state index contributed by atoms with van der Waals surface area (Å²) in [5.74, 6) is 0. The van der Waals surface area contributed by atoms with Gasteiger partial charge in [0.05, 0.1) is 0 Å². The molecule has 1 fully saturated rings. The first-order valence-corrected chi connectivity index (χ1v) is 7.00. The lowest BCUT2D eigenvalue weighted by Gasteiger charge is -2.30. The molecule has 0 radical (unpaired) electrons. The van der Waals surface area contributed by atoms with Gasteiger partial charge in [-0.2, -0.15) is 0 Å². The van der Waals surface area contributed by atoms with E-state index < -0.39 is 0 Å². The normalized spacial score (nSPS) is 19.4. The molecular formula is C13H28N4O. The Balaban J connectivity index is 2.52. The van der Waals surface area contributed by atoms with Crippen molar-refractivity contribution in [2.24, 2.45) is 5.73 Å². The minimum atomic E-state index is 0.128. The standard InChI is InChI=1S/C13H28N4O/c1-4-12(6-7-14)16-8-5-9-17(11-10-16)13(18)15(2)3/h12H,4-11,14H2,1-3H3. The number of nitrogens with two attached hydrogens (primary N) is 1. The molecule has 1 aliphatic rings. The highest BCUT2D eigenvalue weighted by atomic mass is 16.2. The monoisotopic (exact) mass is 256 g/mol. The van der Waals surface area contributed by atoms with Crippen LogP contribution in [0.4, 0.5) is 4.79 Å². The summed E-state index contributed by atoms with van der Waals surface area (Å²) in [5.41, 5.74) is 5.67. The van der Waals surface area contributed by atoms with Gasteiger partial charge < -0.3 is 15.5 Å². The van der Waals surface area contributed by atoms with E-state index in [1.54, 1.807) is 4.90 Å². The Morgan fingerprint density at radius 1 is 1.28 bits per heavy atom. The van der Waals surface area contributed by atoms with Crippen LogP contribution in [0.3, 0.4) is 0 Å². The van der Waals surface area contributed by atoms with Crippen LogP contribution < -0.4 is 5.73 Å². The highest BCUT2D eigenvalue weighted by Crippen LogP contribution is 2.13. The summed E-state index contributed by atoms with van der Waals surface area (Å²) in [6.45, 7) is 6.71. The van der Waals surface area contributed by atoms with Crippen molar-refractivity contribution >= 4 is 6.03 Å². The smallest absolute Gasteiger partial charge is 0.319 e. The third kappa shape index (κ3) is 4.14. The molecule has 0 aliphatic carbocycles. The van der Waals surface area contributed by atoms with Gasteiger partial charge in [-0.15, -0.1) is 0 Å². The lowest BCUT2D eigenvalue weighted by molar-refractivity contribution is 0.164. The number of hydrogen-bond donors (Lipinski definition) is 1. The molecule has 1 rings (SSSR count). The maximum atomic E-state index is 11.9. The van der Waals surface area contributed by atoms with E-state index in [-0.39, 0.29) is 6.03 Å². The van der Waals surface area contributed by atoms with Gasteiger partial charge in [-0.05, 0) is 25.8 Å². The van der Waals surface area contributed by atoms with Crippen LogP contribution in [0.15, 0.2) is 0 Å². The van der Waals surface area contributed by atoms with Gasteiger partial charge in [-0.1, -0.05) is 6.92 Å². The summed E-state index contributed by atoms with van der Waals surface area (Å²) in [5, 5.41) is 0. The first-order chi connectivity index (χ1) is 8.60. The van der Waals surface area contributed by atoms with Crippen molar-refractivity contribution in [2.45, 2.75) is 32.2 Å². The van der Waals surface area contributed by atoms with Crippen LogP contribution in [0.25, 0.3) is 0 Å². The molecule has 0 saturated carbocycles. The molecule has 5 heteroatoms. The van der Waals surface area contributed by atoms with Crippen LogP contribution in [0.1, 0.15) is 26.2 Å². The maximum absolute atomic E-state index is 11.9. The molecule has 2 N–H and O–H groups in total. The SMILES string of the molecule is CCC(CCN)N1CCCN(C(=O)N(C)C)CC1. The van der Waals surface area contributed by atoms with Crippen molar-refractivity contribution in [3.8, 4) is 0 Å². The number of nitrogens with zero attached hydrogens (tertiary/aromatic N) is 3. The van der Waals surface area contributed by atoms with E-state index in [0.717, 1.165) is 52.0 Å². The molecule has 0 bridgehead atoms. The predicted octanol–water partition coefficient (Wildman–Crippen LogP) is 0.803. The molecule has 1 saturated heterocycles. The fourth-order valence-corrected chi connectivity index (χ4v) is 2.61. The summed E-state index contributed by atoms with van der Waals surface area (Å²) < 4.78 is 0. The Bertz CT molecular complexity index is 257. The van der Waals surface area contributed by atoms with Gasteiger partial charge >= 0.3 is 6.03 Å². The average molecular weight is 256 g/mol. The van der Waals surface area contributed by atoms with Crippen LogP contribution in [-0.2, 0) is 0 Å². The fourth-order valence-electron chi connectivity index (χ4n) is 2.61. The zero-order valence-corrected chi connectivity index (χ0v) is 12.1. The van der Waals surface area contributed by atoms with Gasteiger partial charge in [0.15, 0.2) is 0 Å². The van der Waals surface area contributed by atoms with Crippen LogP contribution >= 0.6 is 0 Å². The topological polar surface area (TPSA) is 52.8 Å². The summed E-state index contributed by atoms with van der Waals surface area (Å²) in [6, 6.07) is 0.702. The number of carbonyl (C=O) groups excluding carboxylic acids is 1. The van der Waals surface area contributed by atoms with Gasteiger partial charge in [0.1, 0.15) is 0 Å². The molecule has 0 spiro atoms. The van der Waals surface area contributed by atoms with Gasteiger partial charge in [-0.3, -0.25) is 4.90 Å². The number of carbonyl (C=O) groups is 1. The molecule has 1 unspecified atom stereocenters. The second kappa shape index (κ2) is 7.59. The zero-order valence-electron chi connectivity index (χ0n) is 12.1. The van der Waals surface area contributed by atoms with Crippen LogP contribution in [0.2, 0.25) is 0 Å². The van der Waals surface area contributed by atoms with Crippen LogP contribution in [0, 0.1) is 0 Å². The van der Waals surface area contributed by atoms with Crippen molar-refractivity contribution in [3.63, 3.8) is 0 Å². The van der Waals surface area contributed by atoms with Crippen LogP contribution in [0.5, 0.6) is 0 Å². The number of amides is 2. The number of urea groups is 1. The Labute approximate surface area is 111 Å². The second-order valence-electron chi connectivity index (χ2n) is 5.19. The number of hydrogen-bond acceptors (Lipinski definition) is 3. The van der Waals surface area contributed by atoms with E-state index in [2.05, 4.69) is 11.8 Å². The van der Waals surface area contributed by atoms with Crippen molar-refractivity contribution in [3.05, 3.63) is 0 Å². The van der Waals surface area contributed by atoms with Crippen molar-refractivity contribution < 1.29 is 4.79 Å². The molecule has 106 valence electrons. The molecule has 0 aromatic rings. The van der Waals surface area contributed by atoms with Crippen LogP contribution in [-0.4, -0.2) is 73.6 Å². The highest BCUT2D eigenvalue weighted by molar-refractivity contribution is 5.73. The van der Waals surface area contributed by atoms with Crippen molar-refractivity contribution in [1.82, 2.24) is 14.7 Å². The quantitative estimate of drug-likeness (QED) is 0.809. The Morgan fingerprint density at radius 3 is 2.56 bits per heavy atom. The minimum absolute atomic E-state index is 0.128. The van der Waals surface area contributed by atoms with Gasteiger partial charge in [0.2, 0.25) is 0 Å². The molecule has 0 aromatic heterocycles. The number of rotatable bonds is 4. The highest BCUT2D eigenvalue weighted by Gasteiger charge is 2.23. The summed E-state index contributed by atoms with van der Waals surface area (Å²) in [7, 11) is 3.63. The maximum Gasteiger partial charge on any atom is 0.319 e. The Kier molecular flexibility index (Phi) is 6.43. The first-order valence-electron chi connectivity index (χ1n) is 7.00. The average Bonchev–Trinajstić information content (AvgIpc) is 2.60. The zero-order chi connectivity index (χ0) is 13.5. The molecule has 1 heterocycles. The molecule has 18 heavy (non-hydrogen) atoms. The van der Waals surface area contributed by atoms with E-state index in [1.165, 1.54) is 0 Å². The van der Waals surface area contributed by atoms with Crippen molar-refractivity contribution in [1.29, 1.82) is 0 Å². The first kappa shape index (κ1) is 15.2. The fraction of sp³-hybridized carbons (Fsp3) is 0.923. The molecule has 5 nitrogen and oxygen atoms in total. The van der Waals surface area contributed by atoms with E-state index in [4.69, 9.17) is 5.73 Å². The van der Waals surface area contributed by atoms with Gasteiger partial charge in [0.25, 0.3) is 0 Å². The Hall–Kier alpha value is -0.810. The largest absolute Gasteiger partial charge is 0.331 e.